The minimum absolute atomic E-state index is 0.0784. The minimum Gasteiger partial charge on any atom is -0.406 e. The minimum atomic E-state index is -4.89. The van der Waals surface area contributed by atoms with Gasteiger partial charge >= 0.3 is 6.36 Å². The monoisotopic (exact) mass is 453 g/mol. The lowest BCUT2D eigenvalue weighted by atomic mass is 10.1. The Morgan fingerprint density at radius 3 is 2.38 bits per heavy atom. The number of ether oxygens (including phenoxy) is 1. The van der Waals surface area contributed by atoms with Crippen molar-refractivity contribution >= 4 is 29.1 Å². The average molecular weight is 454 g/mol. The van der Waals surface area contributed by atoms with Crippen molar-refractivity contribution in [3.63, 3.8) is 0 Å². The molecule has 0 saturated heterocycles. The fourth-order valence-corrected chi connectivity index (χ4v) is 3.59. The van der Waals surface area contributed by atoms with Gasteiger partial charge in [-0.1, -0.05) is 30.1 Å². The summed E-state index contributed by atoms with van der Waals surface area (Å²) < 4.78 is 56.6. The molecule has 1 fully saturated rings. The highest BCUT2D eigenvalue weighted by Crippen LogP contribution is 2.37. The van der Waals surface area contributed by atoms with Crippen LogP contribution >= 0.6 is 23.2 Å². The quantitative estimate of drug-likeness (QED) is 0.569. The van der Waals surface area contributed by atoms with Crippen molar-refractivity contribution in [3.05, 3.63) is 44.9 Å². The van der Waals surface area contributed by atoms with Gasteiger partial charge in [-0.05, 0) is 31.4 Å². The first-order valence-corrected chi connectivity index (χ1v) is 9.53. The van der Waals surface area contributed by atoms with Crippen molar-refractivity contribution in [1.82, 2.24) is 14.7 Å². The van der Waals surface area contributed by atoms with Gasteiger partial charge in [0.15, 0.2) is 0 Å². The van der Waals surface area contributed by atoms with Crippen LogP contribution in [-0.4, -0.2) is 33.0 Å². The number of aromatic nitrogens is 2. The van der Waals surface area contributed by atoms with E-state index in [1.807, 2.05) is 0 Å². The van der Waals surface area contributed by atoms with E-state index in [1.54, 1.807) is 6.92 Å². The number of halogens is 6. The first kappa shape index (κ1) is 21.7. The molecular formula is C18H17Cl2F4N3O2. The van der Waals surface area contributed by atoms with Crippen LogP contribution in [0.1, 0.15) is 41.4 Å². The molecule has 158 valence electrons. The van der Waals surface area contributed by atoms with Gasteiger partial charge in [-0.15, -0.1) is 13.2 Å². The molecule has 0 radical (unpaired) electrons. The number of nitrogens with zero attached hydrogens (tertiary/aromatic N) is 3. The largest absolute Gasteiger partial charge is 0.573 e. The zero-order chi connectivity index (χ0) is 21.5. The fourth-order valence-electron chi connectivity index (χ4n) is 3.01. The Labute approximate surface area is 174 Å². The Morgan fingerprint density at radius 1 is 1.31 bits per heavy atom. The SMILES string of the molecule is CCc1nn(C)c(F)c1C(=O)N(Cc1c(Cl)cc(OC(F)(F)F)cc1Cl)C1CC1. The second-order valence-corrected chi connectivity index (χ2v) is 7.48. The summed E-state index contributed by atoms with van der Waals surface area (Å²) in [6.45, 7) is 1.68. The predicted octanol–water partition coefficient (Wildman–Crippen LogP) is 5.13. The molecule has 1 aromatic heterocycles. The van der Waals surface area contributed by atoms with Crippen molar-refractivity contribution in [2.45, 2.75) is 45.1 Å². The summed E-state index contributed by atoms with van der Waals surface area (Å²) in [6, 6.07) is 1.83. The highest BCUT2D eigenvalue weighted by molar-refractivity contribution is 6.36. The summed E-state index contributed by atoms with van der Waals surface area (Å²) in [5.41, 5.74) is 0.461. The standard InChI is InChI=1S/C18H17Cl2F4N3O2/c1-3-14-15(16(21)26(2)25-14)17(28)27(9-4-5-9)8-11-12(19)6-10(7-13(11)20)29-18(22,23)24/h6-7,9H,3-5,8H2,1-2H3. The van der Waals surface area contributed by atoms with Crippen LogP contribution in [0.2, 0.25) is 10.0 Å². The van der Waals surface area contributed by atoms with Crippen LogP contribution in [-0.2, 0) is 20.0 Å². The summed E-state index contributed by atoms with van der Waals surface area (Å²) in [7, 11) is 1.40. The summed E-state index contributed by atoms with van der Waals surface area (Å²) in [6.07, 6.45) is -3.08. The Hall–Kier alpha value is -2.00. The zero-order valence-electron chi connectivity index (χ0n) is 15.5. The normalized spacial score (nSPS) is 14.2. The summed E-state index contributed by atoms with van der Waals surface area (Å²) in [5.74, 6) is -1.87. The Bertz CT molecular complexity index is 919. The average Bonchev–Trinajstić information content (AvgIpc) is 3.39. The summed E-state index contributed by atoms with van der Waals surface area (Å²) in [4.78, 5) is 14.5. The number of rotatable bonds is 6. The van der Waals surface area contributed by atoms with E-state index in [9.17, 15) is 22.4 Å². The van der Waals surface area contributed by atoms with Gasteiger partial charge in [-0.3, -0.25) is 4.79 Å². The van der Waals surface area contributed by atoms with E-state index < -0.39 is 24.0 Å². The maximum absolute atomic E-state index is 14.5. The maximum atomic E-state index is 14.5. The van der Waals surface area contributed by atoms with E-state index in [1.165, 1.54) is 11.9 Å². The number of amides is 1. The molecule has 1 aliphatic carbocycles. The van der Waals surface area contributed by atoms with Gasteiger partial charge in [0.1, 0.15) is 11.3 Å². The summed E-state index contributed by atoms with van der Waals surface area (Å²) >= 11 is 12.2. The zero-order valence-corrected chi connectivity index (χ0v) is 17.0. The van der Waals surface area contributed by atoms with Crippen molar-refractivity contribution in [2.24, 2.45) is 7.05 Å². The third kappa shape index (κ3) is 4.78. The summed E-state index contributed by atoms with van der Waals surface area (Å²) in [5, 5.41) is 3.85. The van der Waals surface area contributed by atoms with E-state index in [2.05, 4.69) is 9.84 Å². The van der Waals surface area contributed by atoms with Crippen LogP contribution in [0.3, 0.4) is 0 Å². The highest BCUT2D eigenvalue weighted by Gasteiger charge is 2.37. The third-order valence-corrected chi connectivity index (χ3v) is 5.20. The number of benzene rings is 1. The van der Waals surface area contributed by atoms with Gasteiger partial charge in [-0.2, -0.15) is 9.49 Å². The number of hydrogen-bond donors (Lipinski definition) is 0. The van der Waals surface area contributed by atoms with Crippen LogP contribution in [0.25, 0.3) is 0 Å². The smallest absolute Gasteiger partial charge is 0.406 e. The molecule has 1 aliphatic rings. The molecule has 5 nitrogen and oxygen atoms in total. The first-order chi connectivity index (χ1) is 13.5. The molecule has 0 N–H and O–H groups in total. The van der Waals surface area contributed by atoms with E-state index in [0.29, 0.717) is 12.1 Å². The molecule has 0 unspecified atom stereocenters. The van der Waals surface area contributed by atoms with E-state index in [4.69, 9.17) is 23.2 Å². The molecule has 0 aliphatic heterocycles. The van der Waals surface area contributed by atoms with Crippen molar-refractivity contribution < 1.29 is 27.1 Å². The predicted molar refractivity (Wildman–Crippen MR) is 98.6 cm³/mol. The molecule has 1 aromatic carbocycles. The number of carbonyl (C=O) groups is 1. The van der Waals surface area contributed by atoms with Crippen molar-refractivity contribution in [2.75, 3.05) is 0 Å². The van der Waals surface area contributed by atoms with Gasteiger partial charge in [0.05, 0.1) is 15.7 Å². The molecule has 3 rings (SSSR count). The highest BCUT2D eigenvalue weighted by atomic mass is 35.5. The second-order valence-electron chi connectivity index (χ2n) is 6.67. The van der Waals surface area contributed by atoms with E-state index >= 15 is 0 Å². The van der Waals surface area contributed by atoms with Gasteiger partial charge in [0.25, 0.3) is 5.91 Å². The van der Waals surface area contributed by atoms with Gasteiger partial charge < -0.3 is 9.64 Å². The topological polar surface area (TPSA) is 47.4 Å². The number of aryl methyl sites for hydroxylation is 2. The van der Waals surface area contributed by atoms with Crippen LogP contribution in [0.5, 0.6) is 5.75 Å². The lowest BCUT2D eigenvalue weighted by Crippen LogP contribution is -2.34. The van der Waals surface area contributed by atoms with Gasteiger partial charge in [-0.25, -0.2) is 4.68 Å². The van der Waals surface area contributed by atoms with Crippen LogP contribution < -0.4 is 4.74 Å². The molecule has 29 heavy (non-hydrogen) atoms. The number of hydrogen-bond acceptors (Lipinski definition) is 3. The van der Waals surface area contributed by atoms with E-state index in [0.717, 1.165) is 29.7 Å². The fraction of sp³-hybridized carbons (Fsp3) is 0.444. The van der Waals surface area contributed by atoms with Gasteiger partial charge in [0.2, 0.25) is 5.95 Å². The van der Waals surface area contributed by atoms with Crippen molar-refractivity contribution in [3.8, 4) is 5.75 Å². The molecule has 2 aromatic rings. The van der Waals surface area contributed by atoms with Gasteiger partial charge in [0, 0.05) is 25.2 Å². The lowest BCUT2D eigenvalue weighted by molar-refractivity contribution is -0.274. The first-order valence-electron chi connectivity index (χ1n) is 8.77. The Kier molecular flexibility index (Phi) is 6.01. The molecule has 0 atom stereocenters. The molecule has 0 spiro atoms. The number of carbonyl (C=O) groups excluding carboxylic acids is 1. The number of alkyl halides is 3. The van der Waals surface area contributed by atoms with Crippen molar-refractivity contribution in [1.29, 1.82) is 0 Å². The Morgan fingerprint density at radius 2 is 1.90 bits per heavy atom. The maximum Gasteiger partial charge on any atom is 0.573 e. The molecular weight excluding hydrogens is 437 g/mol. The second kappa shape index (κ2) is 8.02. The molecule has 11 heteroatoms. The third-order valence-electron chi connectivity index (χ3n) is 4.52. The molecule has 1 amide bonds. The van der Waals surface area contributed by atoms with Crippen LogP contribution in [0.4, 0.5) is 17.6 Å². The molecule has 0 bridgehead atoms. The molecule has 1 saturated carbocycles. The Balaban J connectivity index is 1.92. The van der Waals surface area contributed by atoms with Crippen LogP contribution in [0.15, 0.2) is 12.1 Å². The van der Waals surface area contributed by atoms with Crippen LogP contribution in [0, 0.1) is 5.95 Å². The molecule has 1 heterocycles. The van der Waals surface area contributed by atoms with E-state index in [-0.39, 0.29) is 33.8 Å². The lowest BCUT2D eigenvalue weighted by Gasteiger charge is -2.24.